The Balaban J connectivity index is 1.69. The fourth-order valence-electron chi connectivity index (χ4n) is 4.13. The molecule has 0 saturated heterocycles. The van der Waals surface area contributed by atoms with Gasteiger partial charge in [0.2, 0.25) is 5.88 Å². The molecular weight excluding hydrogens is 521 g/mol. The van der Waals surface area contributed by atoms with E-state index in [1.54, 1.807) is 32.0 Å². The lowest BCUT2D eigenvalue weighted by Gasteiger charge is -2.17. The maximum absolute atomic E-state index is 13.4. The molecule has 2 aromatic carbocycles. The number of nitrogens with one attached hydrogen (secondary N) is 1. The van der Waals surface area contributed by atoms with Crippen LogP contribution in [0.2, 0.25) is 0 Å². The van der Waals surface area contributed by atoms with Gasteiger partial charge in [0.25, 0.3) is 10.0 Å². The van der Waals surface area contributed by atoms with Crippen molar-refractivity contribution in [1.29, 1.82) is 0 Å². The Kier molecular flexibility index (Phi) is 8.66. The molecule has 10 heteroatoms. The fraction of sp³-hybridized carbons (Fsp3) is 0.310. The van der Waals surface area contributed by atoms with Crippen molar-refractivity contribution >= 4 is 15.9 Å². The topological polar surface area (TPSA) is 104 Å². The molecule has 206 valence electrons. The first-order chi connectivity index (χ1) is 18.6. The van der Waals surface area contributed by atoms with Crippen LogP contribution in [0.25, 0.3) is 11.1 Å². The number of aryl methyl sites for hydroxylation is 3. The van der Waals surface area contributed by atoms with Crippen molar-refractivity contribution in [3.8, 4) is 16.9 Å². The Morgan fingerprint density at radius 3 is 2.41 bits per heavy atom. The molecule has 0 spiro atoms. The average Bonchev–Trinajstić information content (AvgIpc) is 3.22. The Bertz CT molecular complexity index is 1580. The minimum atomic E-state index is -4.03. The fourth-order valence-corrected chi connectivity index (χ4v) is 5.40. The SMILES string of the molecule is Cc1cc(OCc2ccc(-c3ccccc3S(=O)(=O)Nc3onc(C)c3C)c(COCCF)c2)c(C)c(C)n1. The number of aromatic nitrogens is 2. The molecule has 8 nitrogen and oxygen atoms in total. The molecule has 1 N–H and O–H groups in total. The lowest BCUT2D eigenvalue weighted by atomic mass is 9.98. The lowest BCUT2D eigenvalue weighted by Crippen LogP contribution is -2.14. The van der Waals surface area contributed by atoms with Crippen LogP contribution in [0.3, 0.4) is 0 Å². The van der Waals surface area contributed by atoms with Crippen molar-refractivity contribution in [1.82, 2.24) is 10.1 Å². The third kappa shape index (κ3) is 6.46. The van der Waals surface area contributed by atoms with Gasteiger partial charge in [-0.25, -0.2) is 17.5 Å². The van der Waals surface area contributed by atoms with E-state index in [0.717, 1.165) is 28.3 Å². The minimum absolute atomic E-state index is 0.0626. The van der Waals surface area contributed by atoms with Gasteiger partial charge in [-0.15, -0.1) is 0 Å². The summed E-state index contributed by atoms with van der Waals surface area (Å²) < 4.78 is 59.0. The van der Waals surface area contributed by atoms with E-state index in [-0.39, 0.29) is 30.6 Å². The number of pyridine rings is 1. The third-order valence-corrected chi connectivity index (χ3v) is 7.88. The Morgan fingerprint density at radius 2 is 1.69 bits per heavy atom. The summed E-state index contributed by atoms with van der Waals surface area (Å²) in [5.74, 6) is 0.818. The quantitative estimate of drug-likeness (QED) is 0.222. The van der Waals surface area contributed by atoms with Crippen LogP contribution in [-0.2, 0) is 28.0 Å². The number of ether oxygens (including phenoxy) is 2. The maximum Gasteiger partial charge on any atom is 0.264 e. The molecule has 0 unspecified atom stereocenters. The molecule has 0 bridgehead atoms. The van der Waals surface area contributed by atoms with Gasteiger partial charge in [-0.2, -0.15) is 0 Å². The predicted octanol–water partition coefficient (Wildman–Crippen LogP) is 6.14. The molecule has 2 heterocycles. The lowest BCUT2D eigenvalue weighted by molar-refractivity contribution is 0.107. The van der Waals surface area contributed by atoms with Crippen LogP contribution < -0.4 is 9.46 Å². The molecule has 0 saturated carbocycles. The molecule has 39 heavy (non-hydrogen) atoms. The molecule has 0 aliphatic heterocycles. The van der Waals surface area contributed by atoms with Crippen molar-refractivity contribution in [2.75, 3.05) is 18.0 Å². The number of alkyl halides is 1. The highest BCUT2D eigenvalue weighted by atomic mass is 32.2. The van der Waals surface area contributed by atoms with Crippen LogP contribution in [0.5, 0.6) is 5.75 Å². The van der Waals surface area contributed by atoms with Crippen LogP contribution in [0.15, 0.2) is 57.9 Å². The predicted molar refractivity (Wildman–Crippen MR) is 147 cm³/mol. The van der Waals surface area contributed by atoms with Gasteiger partial charge in [0.1, 0.15) is 19.0 Å². The van der Waals surface area contributed by atoms with Crippen LogP contribution in [0, 0.1) is 34.6 Å². The molecular formula is C29H32FN3O5S. The summed E-state index contributed by atoms with van der Waals surface area (Å²) in [6, 6.07) is 14.2. The van der Waals surface area contributed by atoms with E-state index >= 15 is 0 Å². The van der Waals surface area contributed by atoms with E-state index in [0.29, 0.717) is 27.9 Å². The van der Waals surface area contributed by atoms with Gasteiger partial charge in [-0.05, 0) is 63.4 Å². The van der Waals surface area contributed by atoms with E-state index < -0.39 is 16.7 Å². The highest BCUT2D eigenvalue weighted by molar-refractivity contribution is 7.92. The number of hydrogen-bond donors (Lipinski definition) is 1. The molecule has 2 aromatic heterocycles. The zero-order valence-electron chi connectivity index (χ0n) is 22.7. The molecule has 0 fully saturated rings. The smallest absolute Gasteiger partial charge is 0.264 e. The molecule has 4 rings (SSSR count). The third-order valence-electron chi connectivity index (χ3n) is 6.49. The van der Waals surface area contributed by atoms with Crippen molar-refractivity contribution in [3.63, 3.8) is 0 Å². The number of hydrogen-bond acceptors (Lipinski definition) is 7. The summed E-state index contributed by atoms with van der Waals surface area (Å²) in [5, 5.41) is 3.83. The van der Waals surface area contributed by atoms with E-state index in [2.05, 4.69) is 14.9 Å². The molecule has 0 radical (unpaired) electrons. The monoisotopic (exact) mass is 553 g/mol. The van der Waals surface area contributed by atoms with Crippen LogP contribution in [0.1, 0.15) is 39.3 Å². The molecule has 0 aliphatic rings. The Morgan fingerprint density at radius 1 is 0.923 bits per heavy atom. The minimum Gasteiger partial charge on any atom is -0.488 e. The Labute approximate surface area is 228 Å². The maximum atomic E-state index is 13.4. The summed E-state index contributed by atoms with van der Waals surface area (Å²) in [5.41, 5.74) is 6.63. The van der Waals surface area contributed by atoms with Crippen LogP contribution in [0.4, 0.5) is 10.3 Å². The largest absolute Gasteiger partial charge is 0.488 e. The molecule has 4 aromatic rings. The van der Waals surface area contributed by atoms with Gasteiger partial charge in [-0.3, -0.25) is 4.98 Å². The van der Waals surface area contributed by atoms with Crippen LogP contribution >= 0.6 is 0 Å². The number of rotatable bonds is 11. The standard InChI is InChI=1S/C29H32FN3O5S/c1-18-14-27(19(2)21(4)31-18)37-16-23-10-11-25(24(15-23)17-36-13-12-30)26-8-6-7-9-28(26)39(34,35)33-29-20(3)22(5)32-38-29/h6-11,14-15,33H,12-13,16-17H2,1-5H3. The summed E-state index contributed by atoms with van der Waals surface area (Å²) in [7, 11) is -4.03. The molecule has 0 atom stereocenters. The molecule has 0 aliphatic carbocycles. The first kappa shape index (κ1) is 28.3. The van der Waals surface area contributed by atoms with Gasteiger partial charge < -0.3 is 14.0 Å². The number of benzene rings is 2. The van der Waals surface area contributed by atoms with E-state index in [1.165, 1.54) is 6.07 Å². The summed E-state index contributed by atoms with van der Waals surface area (Å²) in [6.45, 7) is 8.97. The van der Waals surface area contributed by atoms with Crippen molar-refractivity contribution in [2.45, 2.75) is 52.7 Å². The number of nitrogens with zero attached hydrogens (tertiary/aromatic N) is 2. The van der Waals surface area contributed by atoms with Crippen molar-refractivity contribution < 1.29 is 26.8 Å². The average molecular weight is 554 g/mol. The second-order valence-electron chi connectivity index (χ2n) is 9.32. The van der Waals surface area contributed by atoms with Crippen LogP contribution in [-0.4, -0.2) is 31.8 Å². The van der Waals surface area contributed by atoms with Gasteiger partial charge in [0.15, 0.2) is 0 Å². The number of halogens is 1. The number of anilines is 1. The zero-order chi connectivity index (χ0) is 28.2. The highest BCUT2D eigenvalue weighted by Gasteiger charge is 2.24. The first-order valence-electron chi connectivity index (χ1n) is 12.5. The van der Waals surface area contributed by atoms with Gasteiger partial charge >= 0.3 is 0 Å². The second-order valence-corrected chi connectivity index (χ2v) is 11.0. The van der Waals surface area contributed by atoms with Gasteiger partial charge in [0, 0.05) is 34.1 Å². The number of sulfonamides is 1. The first-order valence-corrected chi connectivity index (χ1v) is 14.0. The van der Waals surface area contributed by atoms with Crippen molar-refractivity contribution in [2.24, 2.45) is 0 Å². The Hall–Kier alpha value is -3.76. The second kappa shape index (κ2) is 12.0. The van der Waals surface area contributed by atoms with E-state index in [9.17, 15) is 12.8 Å². The van der Waals surface area contributed by atoms with E-state index in [1.807, 2.05) is 45.0 Å². The summed E-state index contributed by atoms with van der Waals surface area (Å²) in [6.07, 6.45) is 0. The van der Waals surface area contributed by atoms with E-state index in [4.69, 9.17) is 14.0 Å². The van der Waals surface area contributed by atoms with Crippen molar-refractivity contribution in [3.05, 3.63) is 87.9 Å². The summed E-state index contributed by atoms with van der Waals surface area (Å²) in [4.78, 5) is 4.52. The summed E-state index contributed by atoms with van der Waals surface area (Å²) >= 11 is 0. The van der Waals surface area contributed by atoms with Gasteiger partial charge in [0.05, 0.1) is 23.8 Å². The van der Waals surface area contributed by atoms with Gasteiger partial charge in [-0.1, -0.05) is 35.5 Å². The molecule has 0 amide bonds. The normalized spacial score (nSPS) is 11.5. The zero-order valence-corrected chi connectivity index (χ0v) is 23.5. The highest BCUT2D eigenvalue weighted by Crippen LogP contribution is 2.33.